The third-order valence-electron chi connectivity index (χ3n) is 3.45. The number of hydrogen-bond acceptors (Lipinski definition) is 3. The van der Waals surface area contributed by atoms with E-state index in [9.17, 15) is 4.39 Å². The number of thioether (sulfide) groups is 2. The molecule has 1 aliphatic rings. The lowest BCUT2D eigenvalue weighted by atomic mass is 9.97. The third kappa shape index (κ3) is 3.03. The lowest BCUT2D eigenvalue weighted by Gasteiger charge is -2.34. The second-order valence-electron chi connectivity index (χ2n) is 4.68. The molecule has 1 fully saturated rings. The standard InChI is InChI=1S/C14H20FNS2/c1-3-12-14(18-7-6-17-12)13(16)11-8-10(15)5-4-9(11)2/h4-5,8,12-14H,3,6-7,16H2,1-2H3. The first-order chi connectivity index (χ1) is 8.63. The van der Waals surface area contributed by atoms with Crippen LogP contribution in [0, 0.1) is 12.7 Å². The van der Waals surface area contributed by atoms with Crippen LogP contribution in [0.4, 0.5) is 4.39 Å². The minimum atomic E-state index is -0.187. The number of halogens is 1. The van der Waals surface area contributed by atoms with Gasteiger partial charge in [0.15, 0.2) is 0 Å². The van der Waals surface area contributed by atoms with E-state index in [1.165, 1.54) is 11.8 Å². The molecule has 1 saturated heterocycles. The molecule has 0 aromatic heterocycles. The molecule has 3 atom stereocenters. The molecule has 1 aliphatic heterocycles. The average Bonchev–Trinajstić information content (AvgIpc) is 2.40. The van der Waals surface area contributed by atoms with Gasteiger partial charge in [-0.3, -0.25) is 0 Å². The van der Waals surface area contributed by atoms with Gasteiger partial charge in [-0.1, -0.05) is 13.0 Å². The highest BCUT2D eigenvalue weighted by Crippen LogP contribution is 2.39. The molecule has 0 aliphatic carbocycles. The third-order valence-corrected chi connectivity index (χ3v) is 6.82. The highest BCUT2D eigenvalue weighted by Gasteiger charge is 2.31. The van der Waals surface area contributed by atoms with Gasteiger partial charge < -0.3 is 5.73 Å². The molecule has 100 valence electrons. The van der Waals surface area contributed by atoms with Crippen molar-refractivity contribution in [1.29, 1.82) is 0 Å². The average molecular weight is 285 g/mol. The number of rotatable bonds is 3. The van der Waals surface area contributed by atoms with Crippen molar-refractivity contribution in [2.45, 2.75) is 36.8 Å². The second kappa shape index (κ2) is 6.31. The summed E-state index contributed by atoms with van der Waals surface area (Å²) in [5.74, 6) is 2.16. The van der Waals surface area contributed by atoms with Gasteiger partial charge in [0.05, 0.1) is 0 Å². The van der Waals surface area contributed by atoms with Crippen molar-refractivity contribution in [3.8, 4) is 0 Å². The molecule has 4 heteroatoms. The van der Waals surface area contributed by atoms with Crippen molar-refractivity contribution in [1.82, 2.24) is 0 Å². The van der Waals surface area contributed by atoms with E-state index < -0.39 is 0 Å². The molecule has 3 unspecified atom stereocenters. The molecule has 0 spiro atoms. The Bertz CT molecular complexity index is 411. The van der Waals surface area contributed by atoms with Crippen LogP contribution in [0.25, 0.3) is 0 Å². The lowest BCUT2D eigenvalue weighted by molar-refractivity contribution is 0.601. The zero-order valence-electron chi connectivity index (χ0n) is 10.9. The van der Waals surface area contributed by atoms with Gasteiger partial charge in [-0.15, -0.1) is 0 Å². The summed E-state index contributed by atoms with van der Waals surface area (Å²) in [6, 6.07) is 4.87. The first-order valence-corrected chi connectivity index (χ1v) is 8.48. The first-order valence-electron chi connectivity index (χ1n) is 6.38. The molecule has 2 rings (SSSR count). The summed E-state index contributed by atoms with van der Waals surface area (Å²) in [6.07, 6.45) is 1.13. The highest BCUT2D eigenvalue weighted by molar-refractivity contribution is 8.07. The van der Waals surface area contributed by atoms with Gasteiger partial charge in [-0.2, -0.15) is 23.5 Å². The summed E-state index contributed by atoms with van der Waals surface area (Å²) in [5.41, 5.74) is 8.46. The first kappa shape index (κ1) is 14.2. The smallest absolute Gasteiger partial charge is 0.123 e. The highest BCUT2D eigenvalue weighted by atomic mass is 32.2. The van der Waals surface area contributed by atoms with Gasteiger partial charge in [0.2, 0.25) is 0 Å². The van der Waals surface area contributed by atoms with Gasteiger partial charge in [-0.25, -0.2) is 4.39 Å². The van der Waals surface area contributed by atoms with E-state index in [1.807, 2.05) is 36.5 Å². The summed E-state index contributed by atoms with van der Waals surface area (Å²) in [5, 5.41) is 0.982. The minimum Gasteiger partial charge on any atom is -0.323 e. The molecule has 1 heterocycles. The molecule has 1 nitrogen and oxygen atoms in total. The summed E-state index contributed by atoms with van der Waals surface area (Å²) in [4.78, 5) is 0. The van der Waals surface area contributed by atoms with Gasteiger partial charge in [0.1, 0.15) is 5.82 Å². The van der Waals surface area contributed by atoms with Crippen LogP contribution < -0.4 is 5.73 Å². The van der Waals surface area contributed by atoms with E-state index in [0.717, 1.165) is 23.3 Å². The topological polar surface area (TPSA) is 26.0 Å². The van der Waals surface area contributed by atoms with E-state index in [2.05, 4.69) is 6.92 Å². The van der Waals surface area contributed by atoms with E-state index in [0.29, 0.717) is 10.5 Å². The molecule has 18 heavy (non-hydrogen) atoms. The monoisotopic (exact) mass is 285 g/mol. The molecule has 0 amide bonds. The van der Waals surface area contributed by atoms with Gasteiger partial charge >= 0.3 is 0 Å². The fourth-order valence-corrected chi connectivity index (χ4v) is 5.59. The fourth-order valence-electron chi connectivity index (χ4n) is 2.42. The Morgan fingerprint density at radius 2 is 2.11 bits per heavy atom. The van der Waals surface area contributed by atoms with Crippen molar-refractivity contribution in [3.05, 3.63) is 35.1 Å². The Balaban J connectivity index is 2.23. The molecule has 2 N–H and O–H groups in total. The van der Waals surface area contributed by atoms with Crippen LogP contribution in [0.3, 0.4) is 0 Å². The SMILES string of the molecule is CCC1SCCSC1C(N)c1cc(F)ccc1C. The summed E-state index contributed by atoms with van der Waals surface area (Å²) >= 11 is 3.95. The maximum atomic E-state index is 13.4. The number of nitrogens with two attached hydrogens (primary N) is 1. The van der Waals surface area contributed by atoms with Crippen LogP contribution >= 0.6 is 23.5 Å². The Morgan fingerprint density at radius 1 is 1.39 bits per heavy atom. The minimum absolute atomic E-state index is 0.0663. The molecule has 0 radical (unpaired) electrons. The van der Waals surface area contributed by atoms with Crippen LogP contribution in [0.15, 0.2) is 18.2 Å². The van der Waals surface area contributed by atoms with Crippen LogP contribution in [0.1, 0.15) is 30.5 Å². The Kier molecular flexibility index (Phi) is 4.98. The lowest BCUT2D eigenvalue weighted by Crippen LogP contribution is -2.35. The largest absolute Gasteiger partial charge is 0.323 e. The van der Waals surface area contributed by atoms with Gasteiger partial charge in [0, 0.05) is 28.0 Å². The maximum absolute atomic E-state index is 13.4. The zero-order valence-corrected chi connectivity index (χ0v) is 12.5. The molecule has 0 saturated carbocycles. The predicted molar refractivity (Wildman–Crippen MR) is 80.8 cm³/mol. The molecule has 1 aromatic carbocycles. The summed E-state index contributed by atoms with van der Waals surface area (Å²) in [6.45, 7) is 4.22. The van der Waals surface area contributed by atoms with E-state index in [-0.39, 0.29) is 11.9 Å². The van der Waals surface area contributed by atoms with Crippen LogP contribution in [-0.4, -0.2) is 22.0 Å². The van der Waals surface area contributed by atoms with Crippen LogP contribution in [0.2, 0.25) is 0 Å². The number of benzene rings is 1. The Labute approximate surface area is 117 Å². The Morgan fingerprint density at radius 3 is 2.83 bits per heavy atom. The van der Waals surface area contributed by atoms with Gasteiger partial charge in [0.25, 0.3) is 0 Å². The van der Waals surface area contributed by atoms with E-state index in [1.54, 1.807) is 6.07 Å². The van der Waals surface area contributed by atoms with E-state index in [4.69, 9.17) is 5.73 Å². The Hall–Kier alpha value is -0.190. The van der Waals surface area contributed by atoms with Crippen molar-refractivity contribution in [3.63, 3.8) is 0 Å². The number of aryl methyl sites for hydroxylation is 1. The second-order valence-corrected chi connectivity index (χ2v) is 7.31. The van der Waals surface area contributed by atoms with Crippen LogP contribution in [0.5, 0.6) is 0 Å². The predicted octanol–water partition coefficient (Wildman–Crippen LogP) is 3.76. The van der Waals surface area contributed by atoms with Crippen molar-refractivity contribution >= 4 is 23.5 Å². The van der Waals surface area contributed by atoms with Crippen molar-refractivity contribution in [2.24, 2.45) is 5.73 Å². The van der Waals surface area contributed by atoms with E-state index >= 15 is 0 Å². The number of hydrogen-bond donors (Lipinski definition) is 1. The molecular formula is C14H20FNS2. The molecule has 1 aromatic rings. The summed E-state index contributed by atoms with van der Waals surface area (Å²) < 4.78 is 13.4. The van der Waals surface area contributed by atoms with Crippen molar-refractivity contribution < 1.29 is 4.39 Å². The van der Waals surface area contributed by atoms with Gasteiger partial charge in [-0.05, 0) is 36.6 Å². The normalized spacial score (nSPS) is 26.0. The maximum Gasteiger partial charge on any atom is 0.123 e. The quantitative estimate of drug-likeness (QED) is 0.915. The molecular weight excluding hydrogens is 265 g/mol. The fraction of sp³-hybridized carbons (Fsp3) is 0.571. The zero-order chi connectivity index (χ0) is 13.1. The van der Waals surface area contributed by atoms with Crippen molar-refractivity contribution in [2.75, 3.05) is 11.5 Å². The van der Waals surface area contributed by atoms with Crippen LogP contribution in [-0.2, 0) is 0 Å². The molecule has 0 bridgehead atoms. The summed E-state index contributed by atoms with van der Waals surface area (Å²) in [7, 11) is 0.